The highest BCUT2D eigenvalue weighted by Crippen LogP contribution is 2.28. The lowest BCUT2D eigenvalue weighted by molar-refractivity contribution is 0.306. The summed E-state index contributed by atoms with van der Waals surface area (Å²) >= 11 is 2.31. The molecule has 0 saturated heterocycles. The number of hydrogen-bond acceptors (Lipinski definition) is 1. The quantitative estimate of drug-likeness (QED) is 0.618. The smallest absolute Gasteiger partial charge is 0.119 e. The van der Waals surface area contributed by atoms with Gasteiger partial charge < -0.3 is 4.74 Å². The van der Waals surface area contributed by atoms with E-state index >= 15 is 0 Å². The average Bonchev–Trinajstić information content (AvgIpc) is 2.47. The lowest BCUT2D eigenvalue weighted by atomic mass is 9.82. The van der Waals surface area contributed by atoms with E-state index in [4.69, 9.17) is 4.74 Å². The predicted molar refractivity (Wildman–Crippen MR) is 93.3 cm³/mol. The second kappa shape index (κ2) is 6.61. The molecule has 0 unspecified atom stereocenters. The maximum Gasteiger partial charge on any atom is 0.119 e. The Balaban J connectivity index is 1.99. The van der Waals surface area contributed by atoms with Gasteiger partial charge in [-0.25, -0.2) is 0 Å². The van der Waals surface area contributed by atoms with Crippen molar-refractivity contribution >= 4 is 22.6 Å². The molecular formula is C18H21IO. The Bertz CT molecular complexity index is 541. The Morgan fingerprint density at radius 2 is 1.55 bits per heavy atom. The highest BCUT2D eigenvalue weighted by Gasteiger charge is 2.17. The first-order valence-electron chi connectivity index (χ1n) is 6.99. The van der Waals surface area contributed by atoms with Crippen LogP contribution in [0.1, 0.15) is 38.3 Å². The highest BCUT2D eigenvalue weighted by molar-refractivity contribution is 14.1. The minimum absolute atomic E-state index is 0.231. The molecule has 2 aromatic rings. The van der Waals surface area contributed by atoms with E-state index in [1.807, 2.05) is 0 Å². The van der Waals surface area contributed by atoms with Crippen LogP contribution in [-0.4, -0.2) is 0 Å². The molecule has 2 rings (SSSR count). The third-order valence-corrected chi connectivity index (χ3v) is 4.56. The number of rotatable bonds is 5. The molecule has 0 aliphatic carbocycles. The fourth-order valence-corrected chi connectivity index (χ4v) is 2.31. The zero-order chi connectivity index (χ0) is 14.6. The zero-order valence-corrected chi connectivity index (χ0v) is 14.5. The van der Waals surface area contributed by atoms with E-state index < -0.39 is 0 Å². The van der Waals surface area contributed by atoms with Gasteiger partial charge in [0.25, 0.3) is 0 Å². The molecule has 2 heteroatoms. The summed E-state index contributed by atoms with van der Waals surface area (Å²) in [5.74, 6) is 0.930. The van der Waals surface area contributed by atoms with Crippen LogP contribution >= 0.6 is 22.6 Å². The summed E-state index contributed by atoms with van der Waals surface area (Å²) in [5.41, 5.74) is 2.79. The van der Waals surface area contributed by atoms with Crippen LogP contribution in [0.25, 0.3) is 0 Å². The molecule has 1 nitrogen and oxygen atoms in total. The van der Waals surface area contributed by atoms with E-state index in [1.165, 1.54) is 14.7 Å². The lowest BCUT2D eigenvalue weighted by Crippen LogP contribution is -2.15. The van der Waals surface area contributed by atoms with E-state index in [0.29, 0.717) is 6.61 Å². The van der Waals surface area contributed by atoms with Crippen molar-refractivity contribution < 1.29 is 4.74 Å². The SMILES string of the molecule is CCC(C)(C)c1ccc(OCc2ccc(I)cc2)cc1. The summed E-state index contributed by atoms with van der Waals surface area (Å²) in [5, 5.41) is 0. The van der Waals surface area contributed by atoms with E-state index in [-0.39, 0.29) is 5.41 Å². The van der Waals surface area contributed by atoms with Crippen molar-refractivity contribution in [2.45, 2.75) is 39.2 Å². The molecule has 20 heavy (non-hydrogen) atoms. The summed E-state index contributed by atoms with van der Waals surface area (Å²) in [6.45, 7) is 7.39. The highest BCUT2D eigenvalue weighted by atomic mass is 127. The predicted octanol–water partition coefficient (Wildman–Crippen LogP) is 5.56. The zero-order valence-electron chi connectivity index (χ0n) is 12.3. The van der Waals surface area contributed by atoms with Crippen LogP contribution in [0.4, 0.5) is 0 Å². The van der Waals surface area contributed by atoms with Crippen LogP contribution in [0.5, 0.6) is 5.75 Å². The van der Waals surface area contributed by atoms with Gasteiger partial charge in [0.05, 0.1) is 0 Å². The summed E-state index contributed by atoms with van der Waals surface area (Å²) < 4.78 is 7.08. The summed E-state index contributed by atoms with van der Waals surface area (Å²) in [4.78, 5) is 0. The topological polar surface area (TPSA) is 9.23 Å². The Morgan fingerprint density at radius 3 is 2.10 bits per heavy atom. The number of ether oxygens (including phenoxy) is 1. The number of halogens is 1. The number of hydrogen-bond donors (Lipinski definition) is 0. The third kappa shape index (κ3) is 3.98. The van der Waals surface area contributed by atoms with Gasteiger partial charge in [0.2, 0.25) is 0 Å². The van der Waals surface area contributed by atoms with E-state index in [9.17, 15) is 0 Å². The van der Waals surface area contributed by atoms with Gasteiger partial charge in [-0.1, -0.05) is 45.0 Å². The van der Waals surface area contributed by atoms with Crippen molar-refractivity contribution in [1.82, 2.24) is 0 Å². The van der Waals surface area contributed by atoms with Gasteiger partial charge in [0.1, 0.15) is 12.4 Å². The fraction of sp³-hybridized carbons (Fsp3) is 0.333. The molecule has 0 aromatic heterocycles. The van der Waals surface area contributed by atoms with Crippen LogP contribution < -0.4 is 4.74 Å². The van der Waals surface area contributed by atoms with Crippen LogP contribution in [0, 0.1) is 3.57 Å². The fourth-order valence-electron chi connectivity index (χ4n) is 1.95. The molecule has 106 valence electrons. The van der Waals surface area contributed by atoms with Gasteiger partial charge in [-0.05, 0) is 69.8 Å². The van der Waals surface area contributed by atoms with E-state index in [2.05, 4.69) is 91.9 Å². The molecule has 0 spiro atoms. The molecule has 0 radical (unpaired) electrons. The Labute approximate surface area is 135 Å². The second-order valence-corrected chi connectivity index (χ2v) is 6.92. The molecule has 0 fully saturated rings. The first kappa shape index (κ1) is 15.4. The van der Waals surface area contributed by atoms with Gasteiger partial charge in [-0.2, -0.15) is 0 Å². The Morgan fingerprint density at radius 1 is 0.950 bits per heavy atom. The maximum absolute atomic E-state index is 5.83. The molecule has 0 atom stereocenters. The molecule has 0 aliphatic rings. The largest absolute Gasteiger partial charge is 0.489 e. The lowest BCUT2D eigenvalue weighted by Gasteiger charge is -2.23. The molecule has 2 aromatic carbocycles. The van der Waals surface area contributed by atoms with Crippen molar-refractivity contribution in [3.8, 4) is 5.75 Å². The minimum Gasteiger partial charge on any atom is -0.489 e. The Kier molecular flexibility index (Phi) is 5.08. The molecular weight excluding hydrogens is 359 g/mol. The number of benzene rings is 2. The van der Waals surface area contributed by atoms with Gasteiger partial charge in [0.15, 0.2) is 0 Å². The molecule has 0 amide bonds. The van der Waals surface area contributed by atoms with Crippen molar-refractivity contribution in [1.29, 1.82) is 0 Å². The normalized spacial score (nSPS) is 11.4. The third-order valence-electron chi connectivity index (χ3n) is 3.84. The Hall–Kier alpha value is -1.03. The van der Waals surface area contributed by atoms with Crippen molar-refractivity contribution in [2.24, 2.45) is 0 Å². The van der Waals surface area contributed by atoms with Crippen LogP contribution in [-0.2, 0) is 12.0 Å². The standard InChI is InChI=1S/C18H21IO/c1-4-18(2,3)15-7-11-17(12-8-15)20-13-14-5-9-16(19)10-6-14/h5-12H,4,13H2,1-3H3. The van der Waals surface area contributed by atoms with Gasteiger partial charge in [-0.15, -0.1) is 0 Å². The monoisotopic (exact) mass is 380 g/mol. The van der Waals surface area contributed by atoms with Crippen molar-refractivity contribution in [2.75, 3.05) is 0 Å². The van der Waals surface area contributed by atoms with E-state index in [0.717, 1.165) is 12.2 Å². The maximum atomic E-state index is 5.83. The van der Waals surface area contributed by atoms with Crippen molar-refractivity contribution in [3.63, 3.8) is 0 Å². The molecule has 0 bridgehead atoms. The van der Waals surface area contributed by atoms with Crippen LogP contribution in [0.2, 0.25) is 0 Å². The molecule has 0 heterocycles. The first-order valence-corrected chi connectivity index (χ1v) is 8.07. The van der Waals surface area contributed by atoms with Crippen LogP contribution in [0.3, 0.4) is 0 Å². The minimum atomic E-state index is 0.231. The van der Waals surface area contributed by atoms with Gasteiger partial charge >= 0.3 is 0 Å². The van der Waals surface area contributed by atoms with E-state index in [1.54, 1.807) is 0 Å². The van der Waals surface area contributed by atoms with Crippen LogP contribution in [0.15, 0.2) is 48.5 Å². The average molecular weight is 380 g/mol. The summed E-state index contributed by atoms with van der Waals surface area (Å²) in [7, 11) is 0. The first-order chi connectivity index (χ1) is 9.51. The van der Waals surface area contributed by atoms with Gasteiger partial charge in [-0.3, -0.25) is 0 Å². The second-order valence-electron chi connectivity index (χ2n) is 5.68. The molecule has 0 saturated carbocycles. The van der Waals surface area contributed by atoms with Crippen molar-refractivity contribution in [3.05, 3.63) is 63.2 Å². The molecule has 0 N–H and O–H groups in total. The summed E-state index contributed by atoms with van der Waals surface area (Å²) in [6, 6.07) is 16.9. The summed E-state index contributed by atoms with van der Waals surface area (Å²) in [6.07, 6.45) is 1.13. The van der Waals surface area contributed by atoms with Gasteiger partial charge in [0, 0.05) is 3.57 Å². The molecule has 0 aliphatic heterocycles.